The van der Waals surface area contributed by atoms with Crippen molar-refractivity contribution in [3.05, 3.63) is 24.3 Å². The topological polar surface area (TPSA) is 49.7 Å². The monoisotopic (exact) mass is 182 g/mol. The summed E-state index contributed by atoms with van der Waals surface area (Å²) in [5.74, 6) is 0.339. The van der Waals surface area contributed by atoms with Gasteiger partial charge < -0.3 is 14.9 Å². The van der Waals surface area contributed by atoms with Gasteiger partial charge >= 0.3 is 0 Å². The third kappa shape index (κ3) is 4.38. The fourth-order valence-electron chi connectivity index (χ4n) is 0.963. The molecule has 13 heavy (non-hydrogen) atoms. The lowest BCUT2D eigenvalue weighted by atomic mass is 10.3. The van der Waals surface area contributed by atoms with Gasteiger partial charge in [-0.2, -0.15) is 0 Å². The number of phenolic OH excluding ortho intramolecular Hbond substituents is 2. The second-order valence-corrected chi connectivity index (χ2v) is 2.84. The Bertz CT molecular complexity index is 198. The normalized spacial score (nSPS) is 14.8. The maximum Gasteiger partial charge on any atom is 0.115 e. The highest BCUT2D eigenvalue weighted by Crippen LogP contribution is 2.13. The fourth-order valence-corrected chi connectivity index (χ4v) is 0.963. The number of ether oxygens (including phenoxy) is 1. The summed E-state index contributed by atoms with van der Waals surface area (Å²) in [5, 5.41) is 17.3. The van der Waals surface area contributed by atoms with Crippen molar-refractivity contribution in [3.63, 3.8) is 0 Å². The van der Waals surface area contributed by atoms with Crippen molar-refractivity contribution in [1.82, 2.24) is 0 Å². The van der Waals surface area contributed by atoms with Crippen molar-refractivity contribution in [3.8, 4) is 11.5 Å². The predicted molar refractivity (Wildman–Crippen MR) is 49.8 cm³/mol. The lowest BCUT2D eigenvalue weighted by Gasteiger charge is -1.88. The highest BCUT2D eigenvalue weighted by molar-refractivity contribution is 5.28. The van der Waals surface area contributed by atoms with Crippen LogP contribution >= 0.6 is 0 Å². The predicted octanol–water partition coefficient (Wildman–Crippen LogP) is 1.89. The van der Waals surface area contributed by atoms with E-state index in [4.69, 9.17) is 14.9 Å². The molecule has 72 valence electrons. The Morgan fingerprint density at radius 3 is 1.46 bits per heavy atom. The van der Waals surface area contributed by atoms with E-state index in [2.05, 4.69) is 0 Å². The van der Waals surface area contributed by atoms with Gasteiger partial charge in [-0.25, -0.2) is 0 Å². The highest BCUT2D eigenvalue weighted by Gasteiger charge is 1.94. The molecule has 3 heteroatoms. The van der Waals surface area contributed by atoms with Gasteiger partial charge in [-0.1, -0.05) is 0 Å². The van der Waals surface area contributed by atoms with E-state index in [1.807, 2.05) is 0 Å². The molecule has 0 atom stereocenters. The summed E-state index contributed by atoms with van der Waals surface area (Å²) in [6.07, 6.45) is 2.56. The summed E-state index contributed by atoms with van der Waals surface area (Å²) < 4.78 is 4.94. The van der Waals surface area contributed by atoms with Gasteiger partial charge in [0, 0.05) is 13.2 Å². The van der Waals surface area contributed by atoms with E-state index in [-0.39, 0.29) is 11.5 Å². The Hall–Kier alpha value is -1.22. The molecule has 0 unspecified atom stereocenters. The van der Waals surface area contributed by atoms with E-state index in [0.29, 0.717) is 0 Å². The molecule has 1 heterocycles. The second-order valence-electron chi connectivity index (χ2n) is 2.84. The maximum absolute atomic E-state index is 8.65. The Morgan fingerprint density at radius 1 is 0.846 bits per heavy atom. The van der Waals surface area contributed by atoms with Crippen LogP contribution in [0.2, 0.25) is 0 Å². The molecule has 0 amide bonds. The van der Waals surface area contributed by atoms with Gasteiger partial charge in [-0.05, 0) is 37.1 Å². The average molecular weight is 182 g/mol. The molecule has 0 radical (unpaired) electrons. The van der Waals surface area contributed by atoms with Crippen molar-refractivity contribution in [1.29, 1.82) is 0 Å². The lowest BCUT2D eigenvalue weighted by molar-refractivity contribution is 0.198. The number of aromatic hydroxyl groups is 2. The largest absolute Gasteiger partial charge is 0.508 e. The molecule has 2 N–H and O–H groups in total. The third-order valence-corrected chi connectivity index (χ3v) is 1.68. The van der Waals surface area contributed by atoms with Crippen LogP contribution in [0.15, 0.2) is 24.3 Å². The van der Waals surface area contributed by atoms with Crippen LogP contribution in [0, 0.1) is 0 Å². The molecule has 2 rings (SSSR count). The molecule has 0 saturated carbocycles. The average Bonchev–Trinajstić information content (AvgIpc) is 2.68. The molecule has 0 aromatic heterocycles. The zero-order chi connectivity index (χ0) is 9.52. The Labute approximate surface area is 77.6 Å². The maximum atomic E-state index is 8.65. The first kappa shape index (κ1) is 9.86. The Morgan fingerprint density at radius 2 is 1.23 bits per heavy atom. The summed E-state index contributed by atoms with van der Waals surface area (Å²) in [7, 11) is 0. The second kappa shape index (κ2) is 5.43. The van der Waals surface area contributed by atoms with Gasteiger partial charge in [0.1, 0.15) is 11.5 Å². The van der Waals surface area contributed by atoms with Crippen LogP contribution in [0.5, 0.6) is 11.5 Å². The van der Waals surface area contributed by atoms with E-state index in [1.54, 1.807) is 0 Å². The fraction of sp³-hybridized carbons (Fsp3) is 0.400. The summed E-state index contributed by atoms with van der Waals surface area (Å²) >= 11 is 0. The van der Waals surface area contributed by atoms with Crippen LogP contribution < -0.4 is 0 Å². The third-order valence-electron chi connectivity index (χ3n) is 1.68. The minimum absolute atomic E-state index is 0.169. The van der Waals surface area contributed by atoms with Crippen LogP contribution in [0.3, 0.4) is 0 Å². The zero-order valence-electron chi connectivity index (χ0n) is 7.44. The van der Waals surface area contributed by atoms with Gasteiger partial charge in [-0.3, -0.25) is 0 Å². The molecular formula is C10H14O3. The number of rotatable bonds is 0. The number of hydrogen-bond donors (Lipinski definition) is 2. The van der Waals surface area contributed by atoms with Crippen LogP contribution in [-0.4, -0.2) is 23.4 Å². The van der Waals surface area contributed by atoms with Crippen LogP contribution in [0.1, 0.15) is 12.8 Å². The van der Waals surface area contributed by atoms with Gasteiger partial charge in [0.25, 0.3) is 0 Å². The quantitative estimate of drug-likeness (QED) is 0.602. The molecule has 1 aromatic carbocycles. The van der Waals surface area contributed by atoms with Crippen LogP contribution in [0.4, 0.5) is 0 Å². The minimum atomic E-state index is 0.169. The van der Waals surface area contributed by atoms with Crippen molar-refractivity contribution < 1.29 is 14.9 Å². The molecule has 1 aliphatic heterocycles. The molecule has 1 aromatic rings. The summed E-state index contributed by atoms with van der Waals surface area (Å²) in [4.78, 5) is 0. The van der Waals surface area contributed by atoms with E-state index in [1.165, 1.54) is 37.1 Å². The first-order chi connectivity index (χ1) is 6.29. The van der Waals surface area contributed by atoms with Crippen LogP contribution in [-0.2, 0) is 4.74 Å². The summed E-state index contributed by atoms with van der Waals surface area (Å²) in [6, 6.07) is 5.70. The number of hydrogen-bond acceptors (Lipinski definition) is 3. The molecule has 1 saturated heterocycles. The van der Waals surface area contributed by atoms with Crippen LogP contribution in [0.25, 0.3) is 0 Å². The lowest BCUT2D eigenvalue weighted by Crippen LogP contribution is -1.74. The Balaban J connectivity index is 0.000000145. The SMILES string of the molecule is C1CCOC1.Oc1ccc(O)cc1. The van der Waals surface area contributed by atoms with E-state index in [9.17, 15) is 0 Å². The molecule has 0 aliphatic carbocycles. The highest BCUT2D eigenvalue weighted by atomic mass is 16.5. The van der Waals surface area contributed by atoms with Crippen molar-refractivity contribution in [2.45, 2.75) is 12.8 Å². The Kier molecular flexibility index (Phi) is 4.12. The minimum Gasteiger partial charge on any atom is -0.508 e. The van der Waals surface area contributed by atoms with Gasteiger partial charge in [0.05, 0.1) is 0 Å². The molecule has 3 nitrogen and oxygen atoms in total. The van der Waals surface area contributed by atoms with Crippen molar-refractivity contribution in [2.24, 2.45) is 0 Å². The molecule has 0 spiro atoms. The van der Waals surface area contributed by atoms with Gasteiger partial charge in [0.2, 0.25) is 0 Å². The van der Waals surface area contributed by atoms with Crippen molar-refractivity contribution >= 4 is 0 Å². The van der Waals surface area contributed by atoms with Gasteiger partial charge in [-0.15, -0.1) is 0 Å². The first-order valence-electron chi connectivity index (χ1n) is 4.35. The standard InChI is InChI=1S/C6H6O2.C4H8O/c7-5-1-2-6(8)4-3-5;1-2-4-5-3-1/h1-4,7-8H;1-4H2. The zero-order valence-corrected chi connectivity index (χ0v) is 7.44. The molecule has 1 fully saturated rings. The van der Waals surface area contributed by atoms with E-state index in [0.717, 1.165) is 13.2 Å². The summed E-state index contributed by atoms with van der Waals surface area (Å²) in [5.41, 5.74) is 0. The van der Waals surface area contributed by atoms with Gasteiger partial charge in [0.15, 0.2) is 0 Å². The molecule has 0 bridgehead atoms. The van der Waals surface area contributed by atoms with E-state index < -0.39 is 0 Å². The smallest absolute Gasteiger partial charge is 0.115 e. The van der Waals surface area contributed by atoms with E-state index >= 15 is 0 Å². The number of phenols is 2. The number of benzene rings is 1. The molecular weight excluding hydrogens is 168 g/mol. The first-order valence-corrected chi connectivity index (χ1v) is 4.35. The van der Waals surface area contributed by atoms with Crippen molar-refractivity contribution in [2.75, 3.05) is 13.2 Å². The molecule has 1 aliphatic rings. The summed E-state index contributed by atoms with van der Waals surface area (Å²) in [6.45, 7) is 2.00.